The summed E-state index contributed by atoms with van der Waals surface area (Å²) in [6, 6.07) is 6.51. The molecule has 2 rings (SSSR count). The van der Waals surface area contributed by atoms with Crippen LogP contribution in [0.5, 0.6) is 0 Å². The lowest BCUT2D eigenvalue weighted by Crippen LogP contribution is -1.85. The molecule has 0 atom stereocenters. The number of halogens is 1. The first-order valence-corrected chi connectivity index (χ1v) is 4.98. The fourth-order valence-electron chi connectivity index (χ4n) is 1.42. The van der Waals surface area contributed by atoms with Crippen LogP contribution < -0.4 is 0 Å². The number of benzene rings is 1. The standard InChI is InChI=1S/C10H10IN/c1-7-3-4-9-8(10(7)11)5-6-12(9)2/h3-6H,1-2H3. The maximum Gasteiger partial charge on any atom is 0.0488 e. The molecule has 0 N–H and O–H groups in total. The van der Waals surface area contributed by atoms with Gasteiger partial charge in [-0.3, -0.25) is 0 Å². The van der Waals surface area contributed by atoms with Crippen LogP contribution in [0, 0.1) is 10.5 Å². The second-order valence-electron chi connectivity index (χ2n) is 3.06. The van der Waals surface area contributed by atoms with Crippen molar-refractivity contribution >= 4 is 33.5 Å². The minimum absolute atomic E-state index is 1.31. The van der Waals surface area contributed by atoms with Crippen LogP contribution in [0.4, 0.5) is 0 Å². The lowest BCUT2D eigenvalue weighted by Gasteiger charge is -2.00. The first-order chi connectivity index (χ1) is 5.70. The molecular weight excluding hydrogens is 261 g/mol. The summed E-state index contributed by atoms with van der Waals surface area (Å²) in [6.45, 7) is 2.15. The van der Waals surface area contributed by atoms with Crippen LogP contribution in [0.2, 0.25) is 0 Å². The topological polar surface area (TPSA) is 4.93 Å². The summed E-state index contributed by atoms with van der Waals surface area (Å²) in [4.78, 5) is 0. The highest BCUT2D eigenvalue weighted by Gasteiger charge is 2.02. The zero-order valence-electron chi connectivity index (χ0n) is 7.13. The third-order valence-corrected chi connectivity index (χ3v) is 3.63. The molecule has 0 aliphatic heterocycles. The van der Waals surface area contributed by atoms with Gasteiger partial charge < -0.3 is 4.57 Å². The van der Waals surface area contributed by atoms with E-state index in [1.54, 1.807) is 0 Å². The Morgan fingerprint density at radius 3 is 2.75 bits per heavy atom. The zero-order valence-corrected chi connectivity index (χ0v) is 9.29. The van der Waals surface area contributed by atoms with Gasteiger partial charge in [-0.25, -0.2) is 0 Å². The molecule has 0 spiro atoms. The van der Waals surface area contributed by atoms with Gasteiger partial charge in [0.1, 0.15) is 0 Å². The van der Waals surface area contributed by atoms with Crippen molar-refractivity contribution in [3.8, 4) is 0 Å². The second kappa shape index (κ2) is 2.76. The predicted octanol–water partition coefficient (Wildman–Crippen LogP) is 3.09. The summed E-state index contributed by atoms with van der Waals surface area (Å²) in [6.07, 6.45) is 2.10. The number of fused-ring (bicyclic) bond motifs is 1. The molecule has 1 heterocycles. The normalized spacial score (nSPS) is 10.9. The molecule has 12 heavy (non-hydrogen) atoms. The smallest absolute Gasteiger partial charge is 0.0488 e. The molecule has 0 aliphatic carbocycles. The van der Waals surface area contributed by atoms with Gasteiger partial charge in [0.25, 0.3) is 0 Å². The molecule has 2 aromatic rings. The van der Waals surface area contributed by atoms with Gasteiger partial charge >= 0.3 is 0 Å². The van der Waals surface area contributed by atoms with E-state index >= 15 is 0 Å². The van der Waals surface area contributed by atoms with Crippen LogP contribution in [0.1, 0.15) is 5.56 Å². The van der Waals surface area contributed by atoms with Gasteiger partial charge in [0.2, 0.25) is 0 Å². The van der Waals surface area contributed by atoms with Crippen LogP contribution in [0.15, 0.2) is 24.4 Å². The predicted molar refractivity (Wildman–Crippen MR) is 60.4 cm³/mol. The molecule has 0 saturated carbocycles. The van der Waals surface area contributed by atoms with Crippen LogP contribution in [-0.4, -0.2) is 4.57 Å². The van der Waals surface area contributed by atoms with Crippen LogP contribution in [0.25, 0.3) is 10.9 Å². The Bertz CT molecular complexity index is 429. The minimum atomic E-state index is 1.31. The largest absolute Gasteiger partial charge is 0.351 e. The van der Waals surface area contributed by atoms with Crippen molar-refractivity contribution in [2.45, 2.75) is 6.92 Å². The molecule has 0 saturated heterocycles. The Kier molecular flexibility index (Phi) is 1.87. The van der Waals surface area contributed by atoms with Gasteiger partial charge in [-0.15, -0.1) is 0 Å². The highest BCUT2D eigenvalue weighted by Crippen LogP contribution is 2.23. The summed E-state index contributed by atoms with van der Waals surface area (Å²) in [5, 5.41) is 1.36. The highest BCUT2D eigenvalue weighted by molar-refractivity contribution is 14.1. The van der Waals surface area contributed by atoms with Gasteiger partial charge in [-0.05, 0) is 47.2 Å². The van der Waals surface area contributed by atoms with Crippen molar-refractivity contribution in [3.63, 3.8) is 0 Å². The number of rotatable bonds is 0. The molecule has 1 nitrogen and oxygen atoms in total. The molecule has 1 aromatic heterocycles. The molecule has 0 aliphatic rings. The molecule has 0 radical (unpaired) electrons. The van der Waals surface area contributed by atoms with Crippen molar-refractivity contribution in [2.24, 2.45) is 7.05 Å². The van der Waals surface area contributed by atoms with E-state index in [1.807, 2.05) is 0 Å². The monoisotopic (exact) mass is 271 g/mol. The van der Waals surface area contributed by atoms with Crippen molar-refractivity contribution < 1.29 is 0 Å². The SMILES string of the molecule is Cc1ccc2c(ccn2C)c1I. The lowest BCUT2D eigenvalue weighted by atomic mass is 10.2. The van der Waals surface area contributed by atoms with Gasteiger partial charge in [0.15, 0.2) is 0 Å². The summed E-state index contributed by atoms with van der Waals surface area (Å²) in [5.41, 5.74) is 2.67. The number of nitrogens with zero attached hydrogens (tertiary/aromatic N) is 1. The Labute approximate surface area is 85.5 Å². The maximum absolute atomic E-state index is 2.40. The quantitative estimate of drug-likeness (QED) is 0.649. The minimum Gasteiger partial charge on any atom is -0.351 e. The van der Waals surface area contributed by atoms with E-state index in [-0.39, 0.29) is 0 Å². The Hall–Kier alpha value is -0.510. The zero-order chi connectivity index (χ0) is 8.72. The number of aryl methyl sites for hydroxylation is 2. The molecule has 0 unspecified atom stereocenters. The van der Waals surface area contributed by atoms with Crippen molar-refractivity contribution in [1.29, 1.82) is 0 Å². The Morgan fingerprint density at radius 2 is 2.00 bits per heavy atom. The lowest BCUT2D eigenvalue weighted by molar-refractivity contribution is 0.969. The third kappa shape index (κ3) is 1.05. The van der Waals surface area contributed by atoms with E-state index in [4.69, 9.17) is 0 Å². The summed E-state index contributed by atoms with van der Waals surface area (Å²) in [7, 11) is 2.08. The van der Waals surface area contributed by atoms with Crippen molar-refractivity contribution in [3.05, 3.63) is 33.5 Å². The van der Waals surface area contributed by atoms with E-state index in [2.05, 4.69) is 65.5 Å². The van der Waals surface area contributed by atoms with E-state index in [1.165, 1.54) is 20.0 Å². The van der Waals surface area contributed by atoms with E-state index in [9.17, 15) is 0 Å². The highest BCUT2D eigenvalue weighted by atomic mass is 127. The third-order valence-electron chi connectivity index (χ3n) is 2.19. The molecule has 0 fully saturated rings. The molecule has 1 aromatic carbocycles. The summed E-state index contributed by atoms with van der Waals surface area (Å²) in [5.74, 6) is 0. The van der Waals surface area contributed by atoms with Crippen LogP contribution in [0.3, 0.4) is 0 Å². The first-order valence-electron chi connectivity index (χ1n) is 3.90. The average Bonchev–Trinajstić information content (AvgIpc) is 2.41. The molecule has 2 heteroatoms. The van der Waals surface area contributed by atoms with Crippen molar-refractivity contribution in [1.82, 2.24) is 4.57 Å². The van der Waals surface area contributed by atoms with Crippen LogP contribution >= 0.6 is 22.6 Å². The molecule has 0 amide bonds. The number of hydrogen-bond acceptors (Lipinski definition) is 0. The molecular formula is C10H10IN. The fraction of sp³-hybridized carbons (Fsp3) is 0.200. The Balaban J connectivity index is 2.93. The second-order valence-corrected chi connectivity index (χ2v) is 4.13. The number of aromatic nitrogens is 1. The van der Waals surface area contributed by atoms with E-state index < -0.39 is 0 Å². The molecule has 62 valence electrons. The fourth-order valence-corrected chi connectivity index (χ4v) is 2.06. The van der Waals surface area contributed by atoms with Gasteiger partial charge in [-0.2, -0.15) is 0 Å². The van der Waals surface area contributed by atoms with Gasteiger partial charge in [0.05, 0.1) is 0 Å². The maximum atomic E-state index is 2.40. The van der Waals surface area contributed by atoms with Gasteiger partial charge in [-0.1, -0.05) is 6.07 Å². The Morgan fingerprint density at radius 1 is 1.25 bits per heavy atom. The number of hydrogen-bond donors (Lipinski definition) is 0. The van der Waals surface area contributed by atoms with Crippen LogP contribution in [-0.2, 0) is 7.05 Å². The van der Waals surface area contributed by atoms with Crippen molar-refractivity contribution in [2.75, 3.05) is 0 Å². The van der Waals surface area contributed by atoms with E-state index in [0.29, 0.717) is 0 Å². The first kappa shape index (κ1) is 8.10. The average molecular weight is 271 g/mol. The summed E-state index contributed by atoms with van der Waals surface area (Å²) >= 11 is 2.40. The van der Waals surface area contributed by atoms with Gasteiger partial charge in [0, 0.05) is 27.7 Å². The summed E-state index contributed by atoms with van der Waals surface area (Å²) < 4.78 is 3.52. The molecule has 0 bridgehead atoms. The van der Waals surface area contributed by atoms with E-state index in [0.717, 1.165) is 0 Å².